The average Bonchev–Trinajstić information content (AvgIpc) is 2.25. The Labute approximate surface area is 92.0 Å². The van der Waals surface area contributed by atoms with E-state index >= 15 is 0 Å². The van der Waals surface area contributed by atoms with Crippen molar-refractivity contribution in [2.24, 2.45) is 0 Å². The van der Waals surface area contributed by atoms with Crippen LogP contribution in [0, 0.1) is 6.92 Å². The SMILES string of the molecule is Cc1nc(Sc2ccncn2)ccc1N. The van der Waals surface area contributed by atoms with Crippen molar-refractivity contribution in [2.75, 3.05) is 5.73 Å². The van der Waals surface area contributed by atoms with Crippen LogP contribution < -0.4 is 5.73 Å². The summed E-state index contributed by atoms with van der Waals surface area (Å²) in [5.41, 5.74) is 7.24. The van der Waals surface area contributed by atoms with Crippen molar-refractivity contribution in [2.45, 2.75) is 17.0 Å². The Hall–Kier alpha value is -1.62. The fraction of sp³-hybridized carbons (Fsp3) is 0.100. The molecule has 0 radical (unpaired) electrons. The van der Waals surface area contributed by atoms with Crippen molar-refractivity contribution >= 4 is 17.4 Å². The number of rotatable bonds is 2. The second-order valence-corrected chi connectivity index (χ2v) is 4.01. The van der Waals surface area contributed by atoms with Crippen LogP contribution in [0.4, 0.5) is 5.69 Å². The highest BCUT2D eigenvalue weighted by atomic mass is 32.2. The summed E-state index contributed by atoms with van der Waals surface area (Å²) in [6.07, 6.45) is 3.23. The van der Waals surface area contributed by atoms with Crippen LogP contribution in [0.5, 0.6) is 0 Å². The van der Waals surface area contributed by atoms with E-state index in [9.17, 15) is 0 Å². The summed E-state index contributed by atoms with van der Waals surface area (Å²) < 4.78 is 0. The minimum absolute atomic E-state index is 0.710. The first-order chi connectivity index (χ1) is 7.25. The van der Waals surface area contributed by atoms with Gasteiger partial charge in [-0.15, -0.1) is 0 Å². The number of anilines is 1. The van der Waals surface area contributed by atoms with E-state index in [1.165, 1.54) is 18.1 Å². The maximum atomic E-state index is 5.68. The van der Waals surface area contributed by atoms with Crippen LogP contribution in [-0.4, -0.2) is 15.0 Å². The first-order valence-corrected chi connectivity index (χ1v) is 5.24. The lowest BCUT2D eigenvalue weighted by molar-refractivity contribution is 1.03. The third kappa shape index (κ3) is 2.44. The predicted molar refractivity (Wildman–Crippen MR) is 59.5 cm³/mol. The maximum Gasteiger partial charge on any atom is 0.116 e. The van der Waals surface area contributed by atoms with E-state index in [0.717, 1.165) is 15.7 Å². The summed E-state index contributed by atoms with van der Waals surface area (Å²) in [5.74, 6) is 0. The summed E-state index contributed by atoms with van der Waals surface area (Å²) in [4.78, 5) is 12.3. The zero-order valence-electron chi connectivity index (χ0n) is 8.21. The first kappa shape index (κ1) is 9.92. The van der Waals surface area contributed by atoms with Crippen LogP contribution in [0.2, 0.25) is 0 Å². The van der Waals surface area contributed by atoms with Gasteiger partial charge < -0.3 is 5.73 Å². The number of pyridine rings is 1. The van der Waals surface area contributed by atoms with Gasteiger partial charge >= 0.3 is 0 Å². The molecular weight excluding hydrogens is 208 g/mol. The van der Waals surface area contributed by atoms with E-state index in [4.69, 9.17) is 5.73 Å². The third-order valence-corrected chi connectivity index (χ3v) is 2.75. The molecule has 5 heteroatoms. The van der Waals surface area contributed by atoms with Gasteiger partial charge in [0.25, 0.3) is 0 Å². The topological polar surface area (TPSA) is 64.7 Å². The van der Waals surface area contributed by atoms with E-state index < -0.39 is 0 Å². The third-order valence-electron chi connectivity index (χ3n) is 1.87. The highest BCUT2D eigenvalue weighted by molar-refractivity contribution is 7.99. The van der Waals surface area contributed by atoms with Gasteiger partial charge in [0, 0.05) is 6.20 Å². The van der Waals surface area contributed by atoms with E-state index in [0.29, 0.717) is 5.69 Å². The molecular formula is C10H10N4S. The van der Waals surface area contributed by atoms with Gasteiger partial charge in [-0.25, -0.2) is 15.0 Å². The molecule has 0 amide bonds. The molecule has 0 bridgehead atoms. The molecule has 0 aliphatic heterocycles. The van der Waals surface area contributed by atoms with Gasteiger partial charge in [0.15, 0.2) is 0 Å². The molecule has 0 aromatic carbocycles. The molecule has 0 fully saturated rings. The van der Waals surface area contributed by atoms with Crippen LogP contribution in [0.25, 0.3) is 0 Å². The Morgan fingerprint density at radius 1 is 1.20 bits per heavy atom. The van der Waals surface area contributed by atoms with Gasteiger partial charge in [0.2, 0.25) is 0 Å². The van der Waals surface area contributed by atoms with E-state index in [1.54, 1.807) is 6.20 Å². The molecule has 0 atom stereocenters. The van der Waals surface area contributed by atoms with Crippen molar-refractivity contribution in [1.29, 1.82) is 0 Å². The second-order valence-electron chi connectivity index (χ2n) is 2.97. The lowest BCUT2D eigenvalue weighted by Gasteiger charge is -2.02. The minimum atomic E-state index is 0.710. The highest BCUT2D eigenvalue weighted by Gasteiger charge is 2.01. The molecule has 2 aromatic rings. The maximum absolute atomic E-state index is 5.68. The van der Waals surface area contributed by atoms with E-state index in [2.05, 4.69) is 15.0 Å². The van der Waals surface area contributed by atoms with Gasteiger partial charge in [-0.2, -0.15) is 0 Å². The van der Waals surface area contributed by atoms with Gasteiger partial charge in [0.1, 0.15) is 16.4 Å². The Bertz CT molecular complexity index is 458. The van der Waals surface area contributed by atoms with Crippen molar-refractivity contribution in [3.63, 3.8) is 0 Å². The molecule has 2 rings (SSSR count). The molecule has 0 saturated carbocycles. The molecule has 76 valence electrons. The number of nitrogens with zero attached hydrogens (tertiary/aromatic N) is 3. The number of aromatic nitrogens is 3. The predicted octanol–water partition coefficient (Wildman–Crippen LogP) is 1.91. The summed E-state index contributed by atoms with van der Waals surface area (Å²) >= 11 is 1.49. The Morgan fingerprint density at radius 2 is 2.07 bits per heavy atom. The van der Waals surface area contributed by atoms with Crippen LogP contribution in [0.3, 0.4) is 0 Å². The van der Waals surface area contributed by atoms with Crippen molar-refractivity contribution < 1.29 is 0 Å². The fourth-order valence-corrected chi connectivity index (χ4v) is 1.81. The summed E-state index contributed by atoms with van der Waals surface area (Å²) in [6.45, 7) is 1.89. The van der Waals surface area contributed by atoms with Crippen molar-refractivity contribution in [1.82, 2.24) is 15.0 Å². The molecule has 2 N–H and O–H groups in total. The van der Waals surface area contributed by atoms with Crippen LogP contribution in [-0.2, 0) is 0 Å². The van der Waals surface area contributed by atoms with E-state index in [1.807, 2.05) is 25.1 Å². The van der Waals surface area contributed by atoms with E-state index in [-0.39, 0.29) is 0 Å². The monoisotopic (exact) mass is 218 g/mol. The molecule has 0 aliphatic carbocycles. The Kier molecular flexibility index (Phi) is 2.82. The number of nitrogens with two attached hydrogens (primary N) is 1. The molecule has 0 unspecified atom stereocenters. The summed E-state index contributed by atoms with van der Waals surface area (Å²) in [6, 6.07) is 5.58. The molecule has 0 saturated heterocycles. The van der Waals surface area contributed by atoms with Crippen molar-refractivity contribution in [3.8, 4) is 0 Å². The summed E-state index contributed by atoms with van der Waals surface area (Å²) in [7, 11) is 0. The van der Waals surface area contributed by atoms with Gasteiger partial charge in [-0.1, -0.05) is 0 Å². The van der Waals surface area contributed by atoms with Gasteiger partial charge in [-0.05, 0) is 36.9 Å². The largest absolute Gasteiger partial charge is 0.397 e. The first-order valence-electron chi connectivity index (χ1n) is 4.43. The second kappa shape index (κ2) is 4.27. The Morgan fingerprint density at radius 3 is 2.73 bits per heavy atom. The zero-order chi connectivity index (χ0) is 10.7. The molecule has 0 aliphatic rings. The lowest BCUT2D eigenvalue weighted by atomic mass is 10.3. The molecule has 2 heterocycles. The number of nitrogen functional groups attached to an aromatic ring is 1. The van der Waals surface area contributed by atoms with Crippen LogP contribution in [0.1, 0.15) is 5.69 Å². The standard InChI is InChI=1S/C10H10N4S/c1-7-8(11)2-3-10(14-7)15-9-4-5-12-6-13-9/h2-6H,11H2,1H3. The van der Waals surface area contributed by atoms with Crippen molar-refractivity contribution in [3.05, 3.63) is 36.4 Å². The lowest BCUT2D eigenvalue weighted by Crippen LogP contribution is -1.93. The smallest absolute Gasteiger partial charge is 0.116 e. The summed E-state index contributed by atoms with van der Waals surface area (Å²) in [5, 5.41) is 1.77. The number of hydrogen-bond acceptors (Lipinski definition) is 5. The number of hydrogen-bond donors (Lipinski definition) is 1. The highest BCUT2D eigenvalue weighted by Crippen LogP contribution is 2.24. The Balaban J connectivity index is 2.22. The van der Waals surface area contributed by atoms with Gasteiger partial charge in [-0.3, -0.25) is 0 Å². The molecule has 0 spiro atoms. The van der Waals surface area contributed by atoms with Crippen LogP contribution >= 0.6 is 11.8 Å². The molecule has 15 heavy (non-hydrogen) atoms. The molecule has 4 nitrogen and oxygen atoms in total. The average molecular weight is 218 g/mol. The quantitative estimate of drug-likeness (QED) is 0.780. The fourth-order valence-electron chi connectivity index (χ4n) is 1.05. The zero-order valence-corrected chi connectivity index (χ0v) is 9.03. The minimum Gasteiger partial charge on any atom is -0.397 e. The van der Waals surface area contributed by atoms with Gasteiger partial charge in [0.05, 0.1) is 11.4 Å². The van der Waals surface area contributed by atoms with Crippen LogP contribution in [0.15, 0.2) is 40.8 Å². The normalized spacial score (nSPS) is 10.2. The molecule has 2 aromatic heterocycles. The number of aryl methyl sites for hydroxylation is 1.